The van der Waals surface area contributed by atoms with Crippen molar-refractivity contribution in [3.63, 3.8) is 0 Å². The number of amides is 1. The fourth-order valence-corrected chi connectivity index (χ4v) is 2.06. The molecule has 0 spiro atoms. The van der Waals surface area contributed by atoms with Crippen molar-refractivity contribution in [2.75, 3.05) is 13.2 Å². The molecule has 0 saturated carbocycles. The minimum atomic E-state index is -0.703. The number of benzene rings is 1. The second-order valence-corrected chi connectivity index (χ2v) is 7.17. The first-order valence-corrected chi connectivity index (χ1v) is 7.44. The second-order valence-electron chi connectivity index (χ2n) is 6.74. The summed E-state index contributed by atoms with van der Waals surface area (Å²) in [6.45, 7) is 7.02. The molecule has 1 atom stereocenters. The molecular formula is C16H23ClFNO3. The predicted molar refractivity (Wildman–Crippen MR) is 84.5 cm³/mol. The summed E-state index contributed by atoms with van der Waals surface area (Å²) in [7, 11) is 0. The van der Waals surface area contributed by atoms with Crippen LogP contribution >= 0.6 is 11.6 Å². The molecule has 0 aromatic heterocycles. The van der Waals surface area contributed by atoms with Crippen LogP contribution in [-0.2, 0) is 11.2 Å². The molecule has 1 aromatic carbocycles. The van der Waals surface area contributed by atoms with Crippen molar-refractivity contribution >= 4 is 17.7 Å². The number of nitrogens with one attached hydrogen (secondary N) is 1. The Morgan fingerprint density at radius 2 is 2.00 bits per heavy atom. The van der Waals surface area contributed by atoms with Crippen LogP contribution in [0.15, 0.2) is 18.2 Å². The van der Waals surface area contributed by atoms with E-state index in [0.29, 0.717) is 10.6 Å². The summed E-state index contributed by atoms with van der Waals surface area (Å²) in [5, 5.41) is 12.5. The summed E-state index contributed by atoms with van der Waals surface area (Å²) in [6, 6.07) is 4.41. The molecule has 0 aliphatic heterocycles. The lowest BCUT2D eigenvalue weighted by molar-refractivity contribution is 0.0478. The third kappa shape index (κ3) is 6.20. The van der Waals surface area contributed by atoms with E-state index in [9.17, 15) is 14.3 Å². The minimum Gasteiger partial charge on any atom is -0.444 e. The molecule has 1 rings (SSSR count). The molecule has 0 aliphatic rings. The Morgan fingerprint density at radius 1 is 1.36 bits per heavy atom. The van der Waals surface area contributed by atoms with Crippen LogP contribution in [0, 0.1) is 11.2 Å². The predicted octanol–water partition coefficient (Wildman–Crippen LogP) is 3.54. The van der Waals surface area contributed by atoms with Gasteiger partial charge in [-0.15, -0.1) is 0 Å². The molecule has 0 bridgehead atoms. The first kappa shape index (κ1) is 18.7. The number of halogens is 2. The van der Waals surface area contributed by atoms with E-state index in [4.69, 9.17) is 16.3 Å². The third-order valence-corrected chi connectivity index (χ3v) is 3.31. The first-order valence-electron chi connectivity index (χ1n) is 7.06. The normalized spacial score (nSPS) is 14.3. The van der Waals surface area contributed by atoms with Gasteiger partial charge in [0.05, 0.1) is 6.61 Å². The van der Waals surface area contributed by atoms with Crippen molar-refractivity contribution in [3.05, 3.63) is 34.6 Å². The van der Waals surface area contributed by atoms with Gasteiger partial charge in [-0.1, -0.05) is 24.6 Å². The summed E-state index contributed by atoms with van der Waals surface area (Å²) < 4.78 is 19.0. The lowest BCUT2D eigenvalue weighted by atomic mass is 9.84. The van der Waals surface area contributed by atoms with Gasteiger partial charge in [0, 0.05) is 17.0 Å². The van der Waals surface area contributed by atoms with Crippen molar-refractivity contribution in [3.8, 4) is 0 Å². The van der Waals surface area contributed by atoms with Gasteiger partial charge in [-0.2, -0.15) is 0 Å². The molecule has 1 unspecified atom stereocenters. The lowest BCUT2D eigenvalue weighted by Gasteiger charge is -2.29. The van der Waals surface area contributed by atoms with Crippen molar-refractivity contribution in [2.24, 2.45) is 5.41 Å². The number of rotatable bonds is 5. The highest BCUT2D eigenvalue weighted by atomic mass is 35.5. The topological polar surface area (TPSA) is 58.6 Å². The molecule has 4 nitrogen and oxygen atoms in total. The van der Waals surface area contributed by atoms with E-state index in [1.807, 2.05) is 0 Å². The quantitative estimate of drug-likeness (QED) is 0.867. The SMILES string of the molecule is CC(CO)(CNC(=O)OC(C)(C)C)Cc1ccc(Cl)cc1F. The average molecular weight is 332 g/mol. The summed E-state index contributed by atoms with van der Waals surface area (Å²) in [5.41, 5.74) is -0.861. The molecule has 124 valence electrons. The molecule has 2 N–H and O–H groups in total. The van der Waals surface area contributed by atoms with Gasteiger partial charge in [-0.25, -0.2) is 9.18 Å². The van der Waals surface area contributed by atoms with Gasteiger partial charge in [-0.05, 0) is 44.9 Å². The molecule has 1 aromatic rings. The van der Waals surface area contributed by atoms with Gasteiger partial charge in [0.25, 0.3) is 0 Å². The monoisotopic (exact) mass is 331 g/mol. The number of hydrogen-bond donors (Lipinski definition) is 2. The second kappa shape index (κ2) is 7.29. The number of aliphatic hydroxyl groups excluding tert-OH is 1. The summed E-state index contributed by atoms with van der Waals surface area (Å²) in [5.74, 6) is -0.426. The van der Waals surface area contributed by atoms with Gasteiger partial charge >= 0.3 is 6.09 Å². The van der Waals surface area contributed by atoms with Crippen molar-refractivity contribution in [2.45, 2.75) is 39.7 Å². The Balaban J connectivity index is 2.70. The van der Waals surface area contributed by atoms with Crippen LogP contribution in [0.3, 0.4) is 0 Å². The maximum Gasteiger partial charge on any atom is 0.407 e. The zero-order chi connectivity index (χ0) is 17.0. The maximum atomic E-state index is 13.9. The third-order valence-electron chi connectivity index (χ3n) is 3.07. The molecule has 0 heterocycles. The molecule has 22 heavy (non-hydrogen) atoms. The van der Waals surface area contributed by atoms with Crippen LogP contribution in [0.1, 0.15) is 33.3 Å². The Bertz CT molecular complexity index is 531. The van der Waals surface area contributed by atoms with E-state index in [-0.39, 0.29) is 19.6 Å². The highest BCUT2D eigenvalue weighted by Gasteiger charge is 2.27. The molecule has 0 fully saturated rings. The van der Waals surface area contributed by atoms with Gasteiger partial charge in [-0.3, -0.25) is 0 Å². The summed E-state index contributed by atoms with van der Waals surface area (Å²) in [4.78, 5) is 11.7. The smallest absolute Gasteiger partial charge is 0.407 e. The number of carbonyl (C=O) groups excluding carboxylic acids is 1. The van der Waals surface area contributed by atoms with Crippen LogP contribution in [0.4, 0.5) is 9.18 Å². The van der Waals surface area contributed by atoms with Crippen LogP contribution in [-0.4, -0.2) is 30.0 Å². The zero-order valence-corrected chi connectivity index (χ0v) is 14.1. The van der Waals surface area contributed by atoms with Gasteiger partial charge in [0.2, 0.25) is 0 Å². The number of ether oxygens (including phenoxy) is 1. The molecule has 6 heteroatoms. The summed E-state index contributed by atoms with van der Waals surface area (Å²) >= 11 is 5.72. The Labute approximate surface area is 135 Å². The molecule has 0 saturated heterocycles. The summed E-state index contributed by atoms with van der Waals surface area (Å²) in [6.07, 6.45) is -0.300. The van der Waals surface area contributed by atoms with E-state index < -0.39 is 22.9 Å². The lowest BCUT2D eigenvalue weighted by Crippen LogP contribution is -2.41. The van der Waals surface area contributed by atoms with Crippen LogP contribution in [0.25, 0.3) is 0 Å². The number of aliphatic hydroxyl groups is 1. The minimum absolute atomic E-state index is 0.167. The number of alkyl carbamates (subject to hydrolysis) is 1. The maximum absolute atomic E-state index is 13.9. The Hall–Kier alpha value is -1.33. The first-order chi connectivity index (χ1) is 10.0. The highest BCUT2D eigenvalue weighted by Crippen LogP contribution is 2.25. The average Bonchev–Trinajstić information content (AvgIpc) is 2.38. The van der Waals surface area contributed by atoms with Crippen molar-refractivity contribution < 1.29 is 19.0 Å². The van der Waals surface area contributed by atoms with Gasteiger partial charge < -0.3 is 15.2 Å². The molecule has 1 amide bonds. The van der Waals surface area contributed by atoms with E-state index >= 15 is 0 Å². The number of carbonyl (C=O) groups is 1. The number of hydrogen-bond acceptors (Lipinski definition) is 3. The van der Waals surface area contributed by atoms with E-state index in [0.717, 1.165) is 0 Å². The van der Waals surface area contributed by atoms with Gasteiger partial charge in [0.1, 0.15) is 11.4 Å². The van der Waals surface area contributed by atoms with E-state index in [2.05, 4.69) is 5.32 Å². The highest BCUT2D eigenvalue weighted by molar-refractivity contribution is 6.30. The molecule has 0 aliphatic carbocycles. The Kier molecular flexibility index (Phi) is 6.20. The van der Waals surface area contributed by atoms with E-state index in [1.165, 1.54) is 6.07 Å². The largest absolute Gasteiger partial charge is 0.444 e. The standard InChI is InChI=1S/C16H23ClFNO3/c1-15(2,3)22-14(21)19-9-16(4,10-20)8-11-5-6-12(17)7-13(11)18/h5-7,20H,8-10H2,1-4H3,(H,19,21). The zero-order valence-electron chi connectivity index (χ0n) is 13.4. The van der Waals surface area contributed by atoms with Crippen molar-refractivity contribution in [1.29, 1.82) is 0 Å². The van der Waals surface area contributed by atoms with Crippen LogP contribution in [0.2, 0.25) is 5.02 Å². The fourth-order valence-electron chi connectivity index (χ4n) is 1.90. The van der Waals surface area contributed by atoms with Crippen LogP contribution in [0.5, 0.6) is 0 Å². The molecular weight excluding hydrogens is 309 g/mol. The van der Waals surface area contributed by atoms with E-state index in [1.54, 1.807) is 39.8 Å². The van der Waals surface area contributed by atoms with Gasteiger partial charge in [0.15, 0.2) is 0 Å². The van der Waals surface area contributed by atoms with Crippen molar-refractivity contribution in [1.82, 2.24) is 5.32 Å². The van der Waals surface area contributed by atoms with Crippen LogP contribution < -0.4 is 5.32 Å². The Morgan fingerprint density at radius 3 is 2.50 bits per heavy atom. The molecule has 0 radical (unpaired) electrons. The fraction of sp³-hybridized carbons (Fsp3) is 0.562.